The minimum absolute atomic E-state index is 0. The van der Waals surface area contributed by atoms with E-state index in [4.69, 9.17) is 0 Å². The first-order valence-electron chi connectivity index (χ1n) is 3.24. The van der Waals surface area contributed by atoms with Crippen LogP contribution in [-0.2, 0) is 0 Å². The average Bonchev–Trinajstić information content (AvgIpc) is 1.92. The summed E-state index contributed by atoms with van der Waals surface area (Å²) in [6.07, 6.45) is 0. The maximum Gasteiger partial charge on any atom is 1.00 e. The molecule has 1 rings (SSSR count). The second-order valence-corrected chi connectivity index (χ2v) is 2.38. The van der Waals surface area contributed by atoms with E-state index in [0.717, 1.165) is 6.07 Å². The molecule has 1 aromatic rings. The molecule has 0 amide bonds. The van der Waals surface area contributed by atoms with Crippen molar-refractivity contribution in [3.05, 3.63) is 23.6 Å². The van der Waals surface area contributed by atoms with Crippen molar-refractivity contribution in [3.63, 3.8) is 0 Å². The van der Waals surface area contributed by atoms with E-state index in [1.807, 2.05) is 0 Å². The summed E-state index contributed by atoms with van der Waals surface area (Å²) in [5.41, 5.74) is -1.24. The quantitative estimate of drug-likeness (QED) is 0.416. The summed E-state index contributed by atoms with van der Waals surface area (Å²) >= 11 is 0. The SMILES string of the molecule is Cc1nc([B-](F)(F)F)ccc1F.[K+]. The van der Waals surface area contributed by atoms with Crippen LogP contribution in [0.15, 0.2) is 12.1 Å². The fraction of sp³-hybridized carbons (Fsp3) is 0.167. The van der Waals surface area contributed by atoms with Crippen LogP contribution in [0.25, 0.3) is 0 Å². The standard InChI is InChI=1S/C6H5BF4N.K/c1-4-5(8)2-3-6(12-4)7(9,10)11;/h2-3H,1H3;/q-1;+1. The molecule has 0 aliphatic heterocycles. The Bertz CT molecular complexity index is 301. The maximum absolute atomic E-state index is 12.5. The van der Waals surface area contributed by atoms with Crippen LogP contribution < -0.4 is 57.0 Å². The smallest absolute Gasteiger partial charge is 0.444 e. The van der Waals surface area contributed by atoms with Crippen LogP contribution in [0.2, 0.25) is 0 Å². The number of hydrogen-bond donors (Lipinski definition) is 0. The Morgan fingerprint density at radius 1 is 1.23 bits per heavy atom. The van der Waals surface area contributed by atoms with Gasteiger partial charge in [0.05, 0.1) is 5.69 Å². The molecule has 0 N–H and O–H groups in total. The summed E-state index contributed by atoms with van der Waals surface area (Å²) in [7, 11) is 0. The fourth-order valence-electron chi connectivity index (χ4n) is 0.746. The van der Waals surface area contributed by atoms with E-state index in [-0.39, 0.29) is 57.1 Å². The number of hydrogen-bond acceptors (Lipinski definition) is 1. The van der Waals surface area contributed by atoms with E-state index in [1.165, 1.54) is 6.92 Å². The van der Waals surface area contributed by atoms with Gasteiger partial charge in [-0.1, -0.05) is 6.07 Å². The van der Waals surface area contributed by atoms with Crippen molar-refractivity contribution < 1.29 is 68.7 Å². The molecule has 0 fully saturated rings. The molecule has 0 aliphatic carbocycles. The van der Waals surface area contributed by atoms with Crippen LogP contribution in [0.5, 0.6) is 0 Å². The van der Waals surface area contributed by atoms with Gasteiger partial charge in [-0.15, -0.1) is 0 Å². The Morgan fingerprint density at radius 3 is 2.15 bits per heavy atom. The second kappa shape index (κ2) is 4.88. The van der Waals surface area contributed by atoms with Crippen molar-refractivity contribution in [1.29, 1.82) is 0 Å². The third-order valence-electron chi connectivity index (χ3n) is 1.38. The number of rotatable bonds is 1. The van der Waals surface area contributed by atoms with Gasteiger partial charge in [-0.25, -0.2) is 4.39 Å². The van der Waals surface area contributed by atoms with Gasteiger partial charge in [0.2, 0.25) is 0 Å². The van der Waals surface area contributed by atoms with Gasteiger partial charge in [0.1, 0.15) is 5.82 Å². The van der Waals surface area contributed by atoms with Gasteiger partial charge in [-0.05, 0) is 18.6 Å². The number of aromatic nitrogens is 1. The predicted molar refractivity (Wildman–Crippen MR) is 37.6 cm³/mol. The summed E-state index contributed by atoms with van der Waals surface area (Å²) in [4.78, 5) is 3.07. The van der Waals surface area contributed by atoms with Gasteiger partial charge in [0, 0.05) is 0 Å². The van der Waals surface area contributed by atoms with Gasteiger partial charge in [0.25, 0.3) is 0 Å². The molecule has 0 unspecified atom stereocenters. The molecule has 0 saturated heterocycles. The Labute approximate surface area is 115 Å². The van der Waals surface area contributed by atoms with Crippen LogP contribution in [0, 0.1) is 12.7 Å². The Morgan fingerprint density at radius 2 is 1.77 bits per heavy atom. The first-order valence-corrected chi connectivity index (χ1v) is 3.24. The largest absolute Gasteiger partial charge is 1.00 e. The average molecular weight is 217 g/mol. The number of aryl methyl sites for hydroxylation is 1. The normalized spacial score (nSPS) is 10.8. The Kier molecular flexibility index (Phi) is 5.09. The molecule has 0 atom stereocenters. The topological polar surface area (TPSA) is 12.9 Å². The third kappa shape index (κ3) is 3.67. The zero-order chi connectivity index (χ0) is 9.35. The number of halogens is 4. The van der Waals surface area contributed by atoms with E-state index >= 15 is 0 Å². The van der Waals surface area contributed by atoms with Crippen LogP contribution in [0.3, 0.4) is 0 Å². The van der Waals surface area contributed by atoms with E-state index in [9.17, 15) is 17.3 Å². The van der Waals surface area contributed by atoms with Crippen molar-refractivity contribution >= 4 is 12.6 Å². The summed E-state index contributed by atoms with van der Waals surface area (Å²) in [6.45, 7) is -3.92. The second-order valence-electron chi connectivity index (χ2n) is 2.38. The van der Waals surface area contributed by atoms with Gasteiger partial charge in [-0.2, -0.15) is 0 Å². The number of pyridine rings is 1. The molecule has 0 aliphatic rings. The molecule has 1 heterocycles. The van der Waals surface area contributed by atoms with Crippen LogP contribution in [0.4, 0.5) is 17.3 Å². The van der Waals surface area contributed by atoms with E-state index in [0.29, 0.717) is 6.07 Å². The van der Waals surface area contributed by atoms with Crippen molar-refractivity contribution in [1.82, 2.24) is 4.98 Å². The van der Waals surface area contributed by atoms with Crippen LogP contribution in [0.1, 0.15) is 5.69 Å². The van der Waals surface area contributed by atoms with Gasteiger partial charge in [-0.3, -0.25) is 4.98 Å². The monoisotopic (exact) mass is 217 g/mol. The third-order valence-corrected chi connectivity index (χ3v) is 1.38. The maximum atomic E-state index is 12.5. The van der Waals surface area contributed by atoms with Gasteiger partial charge < -0.3 is 12.9 Å². The fourth-order valence-corrected chi connectivity index (χ4v) is 0.746. The first-order chi connectivity index (χ1) is 5.41. The van der Waals surface area contributed by atoms with Crippen LogP contribution >= 0.6 is 0 Å². The summed E-state index contributed by atoms with van der Waals surface area (Å²) in [6, 6.07) is 1.41. The summed E-state index contributed by atoms with van der Waals surface area (Å²) in [5, 5.41) is 0. The molecular weight excluding hydrogens is 212 g/mol. The molecule has 13 heavy (non-hydrogen) atoms. The Balaban J connectivity index is 0.00000144. The summed E-state index contributed by atoms with van der Waals surface area (Å²) in [5.74, 6) is -0.723. The molecule has 0 spiro atoms. The van der Waals surface area contributed by atoms with Crippen LogP contribution in [-0.4, -0.2) is 12.0 Å². The Hall–Kier alpha value is 0.571. The first kappa shape index (κ1) is 13.6. The van der Waals surface area contributed by atoms with E-state index < -0.39 is 18.4 Å². The summed E-state index contributed by atoms with van der Waals surface area (Å²) < 4.78 is 48.4. The van der Waals surface area contributed by atoms with Crippen molar-refractivity contribution in [2.45, 2.75) is 6.92 Å². The van der Waals surface area contributed by atoms with Gasteiger partial charge in [0.15, 0.2) is 0 Å². The zero-order valence-corrected chi connectivity index (χ0v) is 10.3. The molecule has 7 heteroatoms. The molecule has 1 aromatic heterocycles. The van der Waals surface area contributed by atoms with Gasteiger partial charge >= 0.3 is 58.4 Å². The molecule has 0 aromatic carbocycles. The minimum Gasteiger partial charge on any atom is -0.444 e. The van der Waals surface area contributed by atoms with Crippen molar-refractivity contribution in [3.8, 4) is 0 Å². The zero-order valence-electron chi connectivity index (χ0n) is 7.19. The molecule has 1 nitrogen and oxygen atoms in total. The van der Waals surface area contributed by atoms with E-state index in [2.05, 4.69) is 4.98 Å². The molecular formula is C6H5BF4KN. The molecule has 66 valence electrons. The molecule has 0 bridgehead atoms. The van der Waals surface area contributed by atoms with Crippen molar-refractivity contribution in [2.75, 3.05) is 0 Å². The minimum atomic E-state index is -5.12. The van der Waals surface area contributed by atoms with Crippen molar-refractivity contribution in [2.24, 2.45) is 0 Å². The molecule has 0 saturated carbocycles. The van der Waals surface area contributed by atoms with E-state index in [1.54, 1.807) is 0 Å². The molecule has 0 radical (unpaired) electrons. The predicted octanol–water partition coefficient (Wildman–Crippen LogP) is -1.41. The number of nitrogens with zero attached hydrogens (tertiary/aromatic N) is 1.